The fraction of sp³-hybridized carbons (Fsp3) is 0.273. The molecule has 0 aliphatic heterocycles. The van der Waals surface area contributed by atoms with Crippen molar-refractivity contribution < 1.29 is 14.3 Å². The number of nitrogens with zero attached hydrogens (tertiary/aromatic N) is 4. The number of hydrogen-bond donors (Lipinski definition) is 1. The number of ether oxygens (including phenoxy) is 2. The van der Waals surface area contributed by atoms with Crippen LogP contribution in [0.3, 0.4) is 0 Å². The van der Waals surface area contributed by atoms with Gasteiger partial charge in [0.1, 0.15) is 0 Å². The highest BCUT2D eigenvalue weighted by Gasteiger charge is 2.20. The van der Waals surface area contributed by atoms with Crippen LogP contribution in [0.4, 0.5) is 0 Å². The molecular formula is C22H23N5O4S. The van der Waals surface area contributed by atoms with Crippen molar-refractivity contribution in [3.05, 3.63) is 58.4 Å². The molecule has 4 rings (SSSR count). The molecular weight excluding hydrogens is 430 g/mol. The van der Waals surface area contributed by atoms with E-state index in [0.29, 0.717) is 39.9 Å². The second-order valence-electron chi connectivity index (χ2n) is 7.17. The van der Waals surface area contributed by atoms with Gasteiger partial charge >= 0.3 is 0 Å². The number of amides is 1. The molecule has 2 aromatic heterocycles. The summed E-state index contributed by atoms with van der Waals surface area (Å²) in [4.78, 5) is 25.3. The van der Waals surface area contributed by atoms with Crippen LogP contribution in [0.15, 0.2) is 52.4 Å². The lowest BCUT2D eigenvalue weighted by Crippen LogP contribution is -2.30. The zero-order valence-electron chi connectivity index (χ0n) is 18.2. The Morgan fingerprint density at radius 1 is 1.12 bits per heavy atom. The predicted octanol–water partition coefficient (Wildman–Crippen LogP) is 2.40. The summed E-state index contributed by atoms with van der Waals surface area (Å²) >= 11 is 1.28. The van der Waals surface area contributed by atoms with Crippen LogP contribution < -0.4 is 20.3 Å². The topological polar surface area (TPSA) is 99.7 Å². The lowest BCUT2D eigenvalue weighted by Gasteiger charge is -2.13. The van der Waals surface area contributed by atoms with Crippen LogP contribution in [0.25, 0.3) is 16.7 Å². The molecule has 1 N–H and O–H groups in total. The average Bonchev–Trinajstić information content (AvgIpc) is 3.24. The lowest BCUT2D eigenvalue weighted by molar-refractivity contribution is -0.120. The van der Waals surface area contributed by atoms with Crippen LogP contribution >= 0.6 is 11.8 Å². The van der Waals surface area contributed by atoms with Crippen molar-refractivity contribution in [2.24, 2.45) is 7.05 Å². The molecule has 10 heteroatoms. The molecule has 0 spiro atoms. The molecule has 4 aromatic rings. The van der Waals surface area contributed by atoms with Gasteiger partial charge in [0.2, 0.25) is 11.7 Å². The van der Waals surface area contributed by atoms with Gasteiger partial charge in [-0.25, -0.2) is 0 Å². The molecule has 2 heterocycles. The number of aryl methyl sites for hydroxylation is 1. The van der Waals surface area contributed by atoms with Gasteiger partial charge in [0, 0.05) is 13.6 Å². The summed E-state index contributed by atoms with van der Waals surface area (Å²) in [6.45, 7) is 2.15. The van der Waals surface area contributed by atoms with Gasteiger partial charge in [0.25, 0.3) is 5.56 Å². The molecule has 1 atom stereocenters. The van der Waals surface area contributed by atoms with E-state index in [2.05, 4.69) is 15.5 Å². The van der Waals surface area contributed by atoms with Gasteiger partial charge in [-0.3, -0.25) is 18.6 Å². The number of para-hydroxylation sites is 1. The summed E-state index contributed by atoms with van der Waals surface area (Å²) in [6.07, 6.45) is 0. The maximum atomic E-state index is 12.7. The van der Waals surface area contributed by atoms with E-state index >= 15 is 0 Å². The fourth-order valence-electron chi connectivity index (χ4n) is 3.42. The monoisotopic (exact) mass is 453 g/mol. The molecule has 9 nitrogen and oxygen atoms in total. The summed E-state index contributed by atoms with van der Waals surface area (Å²) in [5.74, 6) is 1.52. The zero-order valence-corrected chi connectivity index (χ0v) is 19.0. The zero-order chi connectivity index (χ0) is 22.8. The van der Waals surface area contributed by atoms with Crippen molar-refractivity contribution in [2.45, 2.75) is 23.9 Å². The standard InChI is InChI=1S/C22H23N5O4S/c1-13(19(28)23-12-14-9-10-17(30-3)18(11-14)31-4)32-22-25-24-21-26(2)20(29)15-7-5-6-8-16(15)27(21)22/h5-11,13H,12H2,1-4H3,(H,23,28). The highest BCUT2D eigenvalue weighted by molar-refractivity contribution is 8.00. The highest BCUT2D eigenvalue weighted by atomic mass is 32.2. The van der Waals surface area contributed by atoms with E-state index in [9.17, 15) is 9.59 Å². The first-order chi connectivity index (χ1) is 15.4. The normalized spacial score (nSPS) is 12.1. The Morgan fingerprint density at radius 2 is 1.88 bits per heavy atom. The Hall–Kier alpha value is -3.53. The number of rotatable bonds is 7. The van der Waals surface area contributed by atoms with Crippen LogP contribution in [0, 0.1) is 0 Å². The lowest BCUT2D eigenvalue weighted by atomic mass is 10.2. The van der Waals surface area contributed by atoms with Crippen LogP contribution in [0.5, 0.6) is 11.5 Å². The number of carbonyl (C=O) groups excluding carboxylic acids is 1. The fourth-order valence-corrected chi connectivity index (χ4v) is 4.30. The predicted molar refractivity (Wildman–Crippen MR) is 122 cm³/mol. The van der Waals surface area contributed by atoms with Crippen molar-refractivity contribution in [1.82, 2.24) is 24.5 Å². The van der Waals surface area contributed by atoms with Gasteiger partial charge in [-0.15, -0.1) is 10.2 Å². The highest BCUT2D eigenvalue weighted by Crippen LogP contribution is 2.28. The molecule has 0 aliphatic rings. The van der Waals surface area contributed by atoms with E-state index in [-0.39, 0.29) is 11.5 Å². The maximum Gasteiger partial charge on any atom is 0.262 e. The van der Waals surface area contributed by atoms with E-state index < -0.39 is 5.25 Å². The van der Waals surface area contributed by atoms with Crippen LogP contribution in [-0.4, -0.2) is 44.5 Å². The molecule has 1 amide bonds. The molecule has 0 saturated heterocycles. The minimum absolute atomic E-state index is 0.141. The Kier molecular flexibility index (Phi) is 6.04. The van der Waals surface area contributed by atoms with Gasteiger partial charge in [0.15, 0.2) is 16.7 Å². The number of methoxy groups -OCH3 is 2. The molecule has 0 bridgehead atoms. The minimum Gasteiger partial charge on any atom is -0.493 e. The van der Waals surface area contributed by atoms with Crippen molar-refractivity contribution >= 4 is 34.3 Å². The summed E-state index contributed by atoms with van der Waals surface area (Å²) < 4.78 is 13.8. The number of hydrogen-bond acceptors (Lipinski definition) is 7. The summed E-state index contributed by atoms with van der Waals surface area (Å²) in [7, 11) is 4.81. The van der Waals surface area contributed by atoms with Crippen molar-refractivity contribution in [1.29, 1.82) is 0 Å². The smallest absolute Gasteiger partial charge is 0.262 e. The van der Waals surface area contributed by atoms with E-state index in [1.807, 2.05) is 30.3 Å². The van der Waals surface area contributed by atoms with Gasteiger partial charge in [-0.05, 0) is 36.8 Å². The molecule has 32 heavy (non-hydrogen) atoms. The van der Waals surface area contributed by atoms with Crippen LogP contribution in [0.2, 0.25) is 0 Å². The van der Waals surface area contributed by atoms with Gasteiger partial charge in [0.05, 0.1) is 30.4 Å². The van der Waals surface area contributed by atoms with E-state index in [0.717, 1.165) is 5.56 Å². The largest absolute Gasteiger partial charge is 0.493 e. The number of benzene rings is 2. The number of thioether (sulfide) groups is 1. The second kappa shape index (κ2) is 8.91. The second-order valence-corrected chi connectivity index (χ2v) is 8.47. The van der Waals surface area contributed by atoms with E-state index in [1.165, 1.54) is 16.3 Å². The van der Waals surface area contributed by atoms with Crippen molar-refractivity contribution in [2.75, 3.05) is 14.2 Å². The SMILES string of the molecule is COc1ccc(CNC(=O)C(C)Sc2nnc3n(C)c(=O)c4ccccc4n23)cc1OC. The van der Waals surface area contributed by atoms with Crippen molar-refractivity contribution in [3.63, 3.8) is 0 Å². The van der Waals surface area contributed by atoms with Crippen LogP contribution in [0.1, 0.15) is 12.5 Å². The number of carbonyl (C=O) groups is 1. The maximum absolute atomic E-state index is 12.7. The van der Waals surface area contributed by atoms with Gasteiger partial charge < -0.3 is 14.8 Å². The Labute approximate surface area is 188 Å². The Bertz CT molecular complexity index is 1360. The third kappa shape index (κ3) is 3.89. The van der Waals surface area contributed by atoms with Crippen LogP contribution in [-0.2, 0) is 18.4 Å². The summed E-state index contributed by atoms with van der Waals surface area (Å²) in [6, 6.07) is 12.8. The minimum atomic E-state index is -0.432. The molecule has 2 aromatic carbocycles. The molecule has 166 valence electrons. The third-order valence-corrected chi connectivity index (χ3v) is 6.21. The number of nitrogens with one attached hydrogen (secondary N) is 1. The van der Waals surface area contributed by atoms with E-state index in [1.54, 1.807) is 44.7 Å². The molecule has 0 aliphatic carbocycles. The third-order valence-electron chi connectivity index (χ3n) is 5.16. The van der Waals surface area contributed by atoms with E-state index in [4.69, 9.17) is 9.47 Å². The molecule has 0 saturated carbocycles. The quantitative estimate of drug-likeness (QED) is 0.429. The van der Waals surface area contributed by atoms with Gasteiger partial charge in [-0.1, -0.05) is 30.0 Å². The molecule has 0 fully saturated rings. The first kappa shape index (κ1) is 21.7. The first-order valence-corrected chi connectivity index (χ1v) is 10.8. The Balaban J connectivity index is 1.53. The number of aromatic nitrogens is 4. The number of fused-ring (bicyclic) bond motifs is 3. The van der Waals surface area contributed by atoms with Crippen molar-refractivity contribution in [3.8, 4) is 11.5 Å². The van der Waals surface area contributed by atoms with Gasteiger partial charge in [-0.2, -0.15) is 0 Å². The summed E-state index contributed by atoms with van der Waals surface area (Å²) in [5, 5.41) is 12.0. The molecule has 1 unspecified atom stereocenters. The summed E-state index contributed by atoms with van der Waals surface area (Å²) in [5.41, 5.74) is 1.45. The average molecular weight is 454 g/mol. The first-order valence-electron chi connectivity index (χ1n) is 9.92. The molecule has 0 radical (unpaired) electrons. The Morgan fingerprint density at radius 3 is 2.62 bits per heavy atom.